The van der Waals surface area contributed by atoms with Gasteiger partial charge in [0.1, 0.15) is 0 Å². The number of anilines is 2. The molecule has 1 aliphatic heterocycles. The molecule has 0 spiro atoms. The second-order valence-corrected chi connectivity index (χ2v) is 5.49. The van der Waals surface area contributed by atoms with Crippen LogP contribution in [0.15, 0.2) is 28.8 Å². The predicted octanol–water partition coefficient (Wildman–Crippen LogP) is 3.93. The van der Waals surface area contributed by atoms with E-state index < -0.39 is 11.7 Å². The molecule has 4 nitrogen and oxygen atoms in total. The molecule has 0 saturated carbocycles. The van der Waals surface area contributed by atoms with E-state index in [0.29, 0.717) is 11.4 Å². The standard InChI is InChI=1S/C15H16F3N3O/c1-9-7-14(22-20-9)13-3-2-6-21(13)12-5-4-10(8-11(12)19)15(16,17)18/h4-5,7-8,13H,2-3,6,19H2,1H3. The third-order valence-corrected chi connectivity index (χ3v) is 3.89. The number of benzene rings is 1. The third kappa shape index (κ3) is 2.63. The summed E-state index contributed by atoms with van der Waals surface area (Å²) < 4.78 is 43.5. The van der Waals surface area contributed by atoms with Gasteiger partial charge in [-0.2, -0.15) is 13.2 Å². The summed E-state index contributed by atoms with van der Waals surface area (Å²) in [5.74, 6) is 0.717. The maximum Gasteiger partial charge on any atom is 0.416 e. The Morgan fingerprint density at radius 1 is 1.32 bits per heavy atom. The molecule has 7 heteroatoms. The van der Waals surface area contributed by atoms with Crippen molar-refractivity contribution in [3.63, 3.8) is 0 Å². The van der Waals surface area contributed by atoms with Crippen molar-refractivity contribution in [1.29, 1.82) is 0 Å². The highest BCUT2D eigenvalue weighted by Crippen LogP contribution is 2.41. The summed E-state index contributed by atoms with van der Waals surface area (Å²) in [6.07, 6.45) is -2.61. The van der Waals surface area contributed by atoms with Gasteiger partial charge in [0.15, 0.2) is 5.76 Å². The van der Waals surface area contributed by atoms with Crippen molar-refractivity contribution < 1.29 is 17.7 Å². The maximum absolute atomic E-state index is 12.7. The molecule has 1 aromatic carbocycles. The van der Waals surface area contributed by atoms with Crippen molar-refractivity contribution in [1.82, 2.24) is 5.16 Å². The van der Waals surface area contributed by atoms with Crippen LogP contribution in [0.2, 0.25) is 0 Å². The zero-order valence-electron chi connectivity index (χ0n) is 12.0. The molecule has 1 fully saturated rings. The topological polar surface area (TPSA) is 55.3 Å². The summed E-state index contributed by atoms with van der Waals surface area (Å²) >= 11 is 0. The first-order valence-electron chi connectivity index (χ1n) is 7.03. The number of nitrogen functional groups attached to an aromatic ring is 1. The highest BCUT2D eigenvalue weighted by Gasteiger charge is 2.33. The lowest BCUT2D eigenvalue weighted by Crippen LogP contribution is -2.23. The number of rotatable bonds is 2. The van der Waals surface area contributed by atoms with Gasteiger partial charge in [0, 0.05) is 12.6 Å². The third-order valence-electron chi connectivity index (χ3n) is 3.89. The summed E-state index contributed by atoms with van der Waals surface area (Å²) in [6, 6.07) is 5.28. The van der Waals surface area contributed by atoms with Gasteiger partial charge < -0.3 is 15.2 Å². The Bertz CT molecular complexity index is 681. The largest absolute Gasteiger partial charge is 0.416 e. The quantitative estimate of drug-likeness (QED) is 0.854. The van der Waals surface area contributed by atoms with Crippen LogP contribution >= 0.6 is 0 Å². The number of aromatic nitrogens is 1. The molecule has 1 aliphatic rings. The van der Waals surface area contributed by atoms with E-state index in [9.17, 15) is 13.2 Å². The van der Waals surface area contributed by atoms with Crippen molar-refractivity contribution in [2.45, 2.75) is 32.0 Å². The zero-order valence-corrected chi connectivity index (χ0v) is 12.0. The molecule has 1 atom stereocenters. The van der Waals surface area contributed by atoms with Gasteiger partial charge in [0.2, 0.25) is 0 Å². The number of halogens is 3. The lowest BCUT2D eigenvalue weighted by molar-refractivity contribution is -0.137. The number of nitrogens with zero attached hydrogens (tertiary/aromatic N) is 2. The molecule has 0 amide bonds. The first kappa shape index (κ1) is 14.7. The predicted molar refractivity (Wildman–Crippen MR) is 76.4 cm³/mol. The van der Waals surface area contributed by atoms with Crippen molar-refractivity contribution in [3.8, 4) is 0 Å². The van der Waals surface area contributed by atoms with Crippen LogP contribution in [-0.2, 0) is 6.18 Å². The van der Waals surface area contributed by atoms with Crippen molar-refractivity contribution in [2.75, 3.05) is 17.2 Å². The van der Waals surface area contributed by atoms with E-state index in [2.05, 4.69) is 5.16 Å². The van der Waals surface area contributed by atoms with Crippen molar-refractivity contribution >= 4 is 11.4 Å². The van der Waals surface area contributed by atoms with E-state index in [1.807, 2.05) is 17.9 Å². The van der Waals surface area contributed by atoms with Crippen molar-refractivity contribution in [3.05, 3.63) is 41.3 Å². The highest BCUT2D eigenvalue weighted by atomic mass is 19.4. The number of hydrogen-bond acceptors (Lipinski definition) is 4. The number of aryl methyl sites for hydroxylation is 1. The van der Waals surface area contributed by atoms with Gasteiger partial charge in [0.05, 0.1) is 28.7 Å². The molecule has 118 valence electrons. The van der Waals surface area contributed by atoms with Gasteiger partial charge in [-0.15, -0.1) is 0 Å². The smallest absolute Gasteiger partial charge is 0.397 e. The van der Waals surface area contributed by atoms with E-state index in [-0.39, 0.29) is 11.7 Å². The first-order valence-corrected chi connectivity index (χ1v) is 7.03. The molecule has 2 N–H and O–H groups in total. The number of nitrogens with two attached hydrogens (primary N) is 1. The molecule has 1 aromatic heterocycles. The summed E-state index contributed by atoms with van der Waals surface area (Å²) in [4.78, 5) is 1.98. The molecule has 2 heterocycles. The van der Waals surface area contributed by atoms with Crippen LogP contribution in [0, 0.1) is 6.92 Å². The van der Waals surface area contributed by atoms with Crippen LogP contribution in [-0.4, -0.2) is 11.7 Å². The fraction of sp³-hybridized carbons (Fsp3) is 0.400. The fourth-order valence-electron chi connectivity index (χ4n) is 2.88. The molecular formula is C15H16F3N3O. The van der Waals surface area contributed by atoms with Gasteiger partial charge in [0.25, 0.3) is 0 Å². The van der Waals surface area contributed by atoms with Gasteiger partial charge in [-0.3, -0.25) is 0 Å². The number of alkyl halides is 3. The SMILES string of the molecule is Cc1cc(C2CCCN2c2ccc(C(F)(F)F)cc2N)on1. The molecule has 0 radical (unpaired) electrons. The van der Waals surface area contributed by atoms with Crippen LogP contribution in [0.25, 0.3) is 0 Å². The summed E-state index contributed by atoms with van der Waals surface area (Å²) in [5, 5.41) is 3.88. The Labute approximate surface area is 125 Å². The monoisotopic (exact) mass is 311 g/mol. The molecule has 2 aromatic rings. The molecule has 0 aliphatic carbocycles. The zero-order chi connectivity index (χ0) is 15.9. The van der Waals surface area contributed by atoms with E-state index in [1.165, 1.54) is 6.07 Å². The minimum atomic E-state index is -4.39. The molecule has 3 rings (SSSR count). The fourth-order valence-corrected chi connectivity index (χ4v) is 2.88. The first-order chi connectivity index (χ1) is 10.4. The lowest BCUT2D eigenvalue weighted by atomic mass is 10.1. The van der Waals surface area contributed by atoms with E-state index in [4.69, 9.17) is 10.3 Å². The lowest BCUT2D eigenvalue weighted by Gasteiger charge is -2.26. The highest BCUT2D eigenvalue weighted by molar-refractivity contribution is 5.69. The normalized spacial score (nSPS) is 18.9. The molecule has 0 bridgehead atoms. The Morgan fingerprint density at radius 2 is 2.09 bits per heavy atom. The van der Waals surface area contributed by atoms with Gasteiger partial charge >= 0.3 is 6.18 Å². The Morgan fingerprint density at radius 3 is 2.68 bits per heavy atom. The van der Waals surface area contributed by atoms with Crippen LogP contribution in [0.5, 0.6) is 0 Å². The molecule has 1 unspecified atom stereocenters. The average molecular weight is 311 g/mol. The Hall–Kier alpha value is -2.18. The van der Waals surface area contributed by atoms with Crippen LogP contribution in [0.1, 0.15) is 35.9 Å². The van der Waals surface area contributed by atoms with E-state index in [1.54, 1.807) is 0 Å². The van der Waals surface area contributed by atoms with E-state index in [0.717, 1.165) is 37.2 Å². The Kier molecular flexibility index (Phi) is 3.50. The van der Waals surface area contributed by atoms with Gasteiger partial charge in [-0.25, -0.2) is 0 Å². The second kappa shape index (κ2) is 5.23. The number of hydrogen-bond donors (Lipinski definition) is 1. The van der Waals surface area contributed by atoms with Crippen molar-refractivity contribution in [2.24, 2.45) is 0 Å². The van der Waals surface area contributed by atoms with Crippen LogP contribution < -0.4 is 10.6 Å². The van der Waals surface area contributed by atoms with Gasteiger partial charge in [-0.05, 0) is 38.0 Å². The van der Waals surface area contributed by atoms with Gasteiger partial charge in [-0.1, -0.05) is 5.16 Å². The molecular weight excluding hydrogens is 295 g/mol. The average Bonchev–Trinajstić information content (AvgIpc) is 3.06. The molecule has 1 saturated heterocycles. The maximum atomic E-state index is 12.7. The second-order valence-electron chi connectivity index (χ2n) is 5.49. The van der Waals surface area contributed by atoms with Crippen LogP contribution in [0.3, 0.4) is 0 Å². The van der Waals surface area contributed by atoms with E-state index >= 15 is 0 Å². The van der Waals surface area contributed by atoms with Crippen LogP contribution in [0.4, 0.5) is 24.5 Å². The Balaban J connectivity index is 1.93. The minimum Gasteiger partial charge on any atom is -0.397 e. The minimum absolute atomic E-state index is 0.0414. The molecule has 22 heavy (non-hydrogen) atoms. The summed E-state index contributed by atoms with van der Waals surface area (Å²) in [7, 11) is 0. The summed E-state index contributed by atoms with van der Waals surface area (Å²) in [6.45, 7) is 2.55. The summed E-state index contributed by atoms with van der Waals surface area (Å²) in [5.41, 5.74) is 6.62.